The van der Waals surface area contributed by atoms with Crippen LogP contribution in [0.3, 0.4) is 0 Å². The summed E-state index contributed by atoms with van der Waals surface area (Å²) >= 11 is 0. The van der Waals surface area contributed by atoms with Gasteiger partial charge in [0.25, 0.3) is 0 Å². The number of benzene rings is 2. The van der Waals surface area contributed by atoms with Crippen molar-refractivity contribution in [2.75, 3.05) is 0 Å². The second kappa shape index (κ2) is 6.76. The van der Waals surface area contributed by atoms with Crippen LogP contribution in [0.2, 0.25) is 5.04 Å². The van der Waals surface area contributed by atoms with Crippen molar-refractivity contribution < 1.29 is 4.79 Å². The van der Waals surface area contributed by atoms with Crippen LogP contribution in [0.4, 0.5) is 0 Å². The van der Waals surface area contributed by atoms with Gasteiger partial charge in [0.1, 0.15) is 8.07 Å². The van der Waals surface area contributed by atoms with Crippen LogP contribution in [-0.2, 0) is 4.79 Å². The van der Waals surface area contributed by atoms with Crippen LogP contribution in [0.1, 0.15) is 40.0 Å². The molecule has 2 aliphatic carbocycles. The normalized spacial score (nSPS) is 21.4. The molecule has 0 unspecified atom stereocenters. The number of hydrogen-bond acceptors (Lipinski definition) is 1. The minimum atomic E-state index is -2.33. The molecule has 0 aliphatic heterocycles. The van der Waals surface area contributed by atoms with Crippen LogP contribution in [0.25, 0.3) is 0 Å². The largest absolute Gasteiger partial charge is 0.290 e. The minimum Gasteiger partial charge on any atom is -0.290 e. The van der Waals surface area contributed by atoms with E-state index in [0.717, 1.165) is 18.4 Å². The number of fused-ring (bicyclic) bond motifs is 1. The van der Waals surface area contributed by atoms with Gasteiger partial charge in [-0.1, -0.05) is 92.7 Å². The molecular formula is C25H28OSi. The molecule has 0 radical (unpaired) electrons. The Morgan fingerprint density at radius 1 is 0.926 bits per heavy atom. The fraction of sp³-hybridized carbons (Fsp3) is 0.320. The van der Waals surface area contributed by atoms with E-state index in [-0.39, 0.29) is 10.8 Å². The Balaban J connectivity index is 1.99. The van der Waals surface area contributed by atoms with Crippen LogP contribution >= 0.6 is 0 Å². The highest BCUT2D eigenvalue weighted by Gasteiger charge is 2.48. The lowest BCUT2D eigenvalue weighted by atomic mass is 10.0. The molecular weight excluding hydrogens is 344 g/mol. The van der Waals surface area contributed by atoms with E-state index in [1.165, 1.54) is 22.4 Å². The molecule has 0 bridgehead atoms. The molecule has 2 aromatic carbocycles. The average molecular weight is 373 g/mol. The molecule has 0 saturated heterocycles. The number of carbonyl (C=O) groups is 1. The summed E-state index contributed by atoms with van der Waals surface area (Å²) < 4.78 is 0. The first-order chi connectivity index (χ1) is 12.9. The Morgan fingerprint density at radius 2 is 1.48 bits per heavy atom. The summed E-state index contributed by atoms with van der Waals surface area (Å²) in [6.07, 6.45) is 5.36. The summed E-state index contributed by atoms with van der Waals surface area (Å²) in [6.45, 7) is 7.04. The van der Waals surface area contributed by atoms with Gasteiger partial charge < -0.3 is 0 Å². The molecule has 2 aliphatic rings. The van der Waals surface area contributed by atoms with Crippen molar-refractivity contribution in [1.82, 2.24) is 0 Å². The van der Waals surface area contributed by atoms with Crippen LogP contribution < -0.4 is 10.4 Å². The van der Waals surface area contributed by atoms with Gasteiger partial charge in [0, 0.05) is 5.92 Å². The summed E-state index contributed by atoms with van der Waals surface area (Å²) in [5.74, 6) is 0.613. The first kappa shape index (κ1) is 18.2. The fourth-order valence-corrected chi connectivity index (χ4v) is 10.1. The number of carbonyl (C=O) groups excluding carboxylic acids is 1. The number of hydrogen-bond donors (Lipinski definition) is 0. The van der Waals surface area contributed by atoms with Gasteiger partial charge in [0.05, 0.1) is 0 Å². The van der Waals surface area contributed by atoms with E-state index in [4.69, 9.17) is 0 Å². The highest BCUT2D eigenvalue weighted by molar-refractivity contribution is 7.08. The van der Waals surface area contributed by atoms with E-state index >= 15 is 0 Å². The molecule has 0 heterocycles. The summed E-state index contributed by atoms with van der Waals surface area (Å²) in [6, 6.07) is 21.8. The predicted octanol–water partition coefficient (Wildman–Crippen LogP) is 4.82. The Bertz CT molecular complexity index is 861. The molecule has 0 spiro atoms. The Labute approximate surface area is 163 Å². The highest BCUT2D eigenvalue weighted by Crippen LogP contribution is 2.44. The quantitative estimate of drug-likeness (QED) is 0.557. The molecule has 1 saturated carbocycles. The van der Waals surface area contributed by atoms with E-state index in [2.05, 4.69) is 87.1 Å². The summed E-state index contributed by atoms with van der Waals surface area (Å²) in [4.78, 5) is 12.9. The predicted molar refractivity (Wildman–Crippen MR) is 116 cm³/mol. The summed E-state index contributed by atoms with van der Waals surface area (Å²) in [5, 5.41) is 2.82. The summed E-state index contributed by atoms with van der Waals surface area (Å²) in [5.41, 5.74) is 4.89. The molecule has 27 heavy (non-hydrogen) atoms. The molecule has 1 atom stereocenters. The van der Waals surface area contributed by atoms with Crippen molar-refractivity contribution in [2.24, 2.45) is 5.92 Å². The molecule has 4 rings (SSSR count). The zero-order valence-corrected chi connectivity index (χ0v) is 17.5. The van der Waals surface area contributed by atoms with Crippen LogP contribution in [0, 0.1) is 5.92 Å². The molecule has 0 N–H and O–H groups in total. The molecule has 1 nitrogen and oxygen atoms in total. The summed E-state index contributed by atoms with van der Waals surface area (Å²) in [7, 11) is -2.33. The molecule has 0 aromatic heterocycles. The molecule has 2 heteroatoms. The van der Waals surface area contributed by atoms with E-state index in [1.54, 1.807) is 0 Å². The van der Waals surface area contributed by atoms with Crippen LogP contribution in [0.15, 0.2) is 83.6 Å². The van der Waals surface area contributed by atoms with Crippen molar-refractivity contribution >= 4 is 24.2 Å². The lowest BCUT2D eigenvalue weighted by Crippen LogP contribution is -2.63. The third kappa shape index (κ3) is 2.96. The van der Waals surface area contributed by atoms with Gasteiger partial charge in [-0.15, -0.1) is 0 Å². The number of allylic oxidation sites excluding steroid dienone is 3. The molecule has 2 aromatic rings. The molecule has 0 amide bonds. The Morgan fingerprint density at radius 3 is 2.00 bits per heavy atom. The third-order valence-corrected chi connectivity index (χ3v) is 12.0. The van der Waals surface area contributed by atoms with Crippen molar-refractivity contribution in [2.45, 2.75) is 45.1 Å². The van der Waals surface area contributed by atoms with Crippen molar-refractivity contribution in [1.29, 1.82) is 0 Å². The SMILES string of the molecule is CC(C)(C)[Si](/C=C1/C(=O)C=C2CCC[C@H]21)(c1ccccc1)c1ccccc1. The van der Waals surface area contributed by atoms with Gasteiger partial charge in [-0.3, -0.25) is 4.79 Å². The maximum atomic E-state index is 12.9. The standard InChI is InChI=1S/C25H28OSi/c1-25(2,3)27(20-12-6-4-7-13-20,21-14-8-5-9-15-21)18-23-22-16-10-11-19(22)17-24(23)26/h4-9,12-15,17-18,22H,10-11,16H2,1-3H3/b23-18+/t22-/m1/s1. The van der Waals surface area contributed by atoms with Crippen LogP contribution in [-0.4, -0.2) is 13.9 Å². The first-order valence-corrected chi connectivity index (χ1v) is 12.1. The van der Waals surface area contributed by atoms with Crippen LogP contribution in [0.5, 0.6) is 0 Å². The van der Waals surface area contributed by atoms with Gasteiger partial charge in [-0.2, -0.15) is 0 Å². The zero-order valence-electron chi connectivity index (χ0n) is 16.5. The Kier molecular flexibility index (Phi) is 4.55. The third-order valence-electron chi connectivity index (χ3n) is 6.40. The van der Waals surface area contributed by atoms with Crippen molar-refractivity contribution in [3.05, 3.63) is 83.6 Å². The maximum Gasteiger partial charge on any atom is 0.181 e. The molecule has 1 fully saturated rings. The topological polar surface area (TPSA) is 17.1 Å². The lowest BCUT2D eigenvalue weighted by molar-refractivity contribution is -0.111. The highest BCUT2D eigenvalue weighted by atomic mass is 28.3. The van der Waals surface area contributed by atoms with E-state index in [1.807, 2.05) is 6.08 Å². The van der Waals surface area contributed by atoms with Gasteiger partial charge in [-0.05, 0) is 46.3 Å². The van der Waals surface area contributed by atoms with Crippen molar-refractivity contribution in [3.8, 4) is 0 Å². The molecule has 138 valence electrons. The number of rotatable bonds is 3. The van der Waals surface area contributed by atoms with Gasteiger partial charge in [0.2, 0.25) is 0 Å². The lowest BCUT2D eigenvalue weighted by Gasteiger charge is -2.42. The number of ketones is 1. The Hall–Kier alpha value is -2.19. The second-order valence-electron chi connectivity index (χ2n) is 8.92. The van der Waals surface area contributed by atoms with Gasteiger partial charge >= 0.3 is 0 Å². The first-order valence-electron chi connectivity index (χ1n) is 10.0. The maximum absolute atomic E-state index is 12.9. The average Bonchev–Trinajstić information content (AvgIpc) is 3.21. The van der Waals surface area contributed by atoms with E-state index in [9.17, 15) is 4.79 Å². The zero-order chi connectivity index (χ0) is 19.1. The van der Waals surface area contributed by atoms with Gasteiger partial charge in [0.15, 0.2) is 5.78 Å². The smallest absolute Gasteiger partial charge is 0.181 e. The monoisotopic (exact) mass is 372 g/mol. The van der Waals surface area contributed by atoms with E-state index < -0.39 is 8.07 Å². The second-order valence-corrected chi connectivity index (χ2v) is 13.5. The van der Waals surface area contributed by atoms with E-state index in [0.29, 0.717) is 5.92 Å². The fourth-order valence-electron chi connectivity index (χ4n) is 5.04. The van der Waals surface area contributed by atoms with Gasteiger partial charge in [-0.25, -0.2) is 0 Å². The minimum absolute atomic E-state index is 0.0460. The van der Waals surface area contributed by atoms with Crippen molar-refractivity contribution in [3.63, 3.8) is 0 Å².